The molecule has 1 amide bonds. The number of fused-ring (bicyclic) bond motifs is 1. The van der Waals surface area contributed by atoms with Gasteiger partial charge in [-0.3, -0.25) is 14.9 Å². The number of nitrogens with zero attached hydrogens (tertiary/aromatic N) is 2. The second-order valence-corrected chi connectivity index (χ2v) is 7.05. The van der Waals surface area contributed by atoms with Crippen LogP contribution in [0.15, 0.2) is 59.0 Å². The van der Waals surface area contributed by atoms with Gasteiger partial charge in [0.1, 0.15) is 5.52 Å². The first-order chi connectivity index (χ1) is 15.4. The third-order valence-electron chi connectivity index (χ3n) is 4.68. The van der Waals surface area contributed by atoms with Crippen LogP contribution in [0.3, 0.4) is 0 Å². The molecule has 3 aromatic carbocycles. The van der Waals surface area contributed by atoms with E-state index in [4.69, 9.17) is 25.5 Å². The Labute approximate surface area is 186 Å². The van der Waals surface area contributed by atoms with Crippen LogP contribution in [0.25, 0.3) is 22.6 Å². The van der Waals surface area contributed by atoms with E-state index in [9.17, 15) is 14.9 Å². The van der Waals surface area contributed by atoms with Crippen molar-refractivity contribution in [3.05, 3.63) is 75.3 Å². The van der Waals surface area contributed by atoms with Gasteiger partial charge in [0.2, 0.25) is 5.89 Å². The van der Waals surface area contributed by atoms with E-state index >= 15 is 0 Å². The van der Waals surface area contributed by atoms with E-state index in [1.807, 2.05) is 0 Å². The van der Waals surface area contributed by atoms with Crippen molar-refractivity contribution in [1.82, 2.24) is 4.98 Å². The molecule has 1 heterocycles. The number of aromatic nitrogens is 1. The molecule has 0 radical (unpaired) electrons. The minimum Gasteiger partial charge on any atom is -0.493 e. The average Bonchev–Trinajstić information content (AvgIpc) is 3.21. The lowest BCUT2D eigenvalue weighted by Gasteiger charge is -2.07. The fourth-order valence-corrected chi connectivity index (χ4v) is 3.36. The number of ether oxygens (including phenoxy) is 2. The van der Waals surface area contributed by atoms with Crippen LogP contribution in [-0.2, 0) is 0 Å². The van der Waals surface area contributed by atoms with E-state index in [1.165, 1.54) is 12.1 Å². The molecule has 0 spiro atoms. The maximum atomic E-state index is 12.6. The number of non-ortho nitro benzene ring substituents is 1. The van der Waals surface area contributed by atoms with E-state index < -0.39 is 10.8 Å². The molecule has 162 valence electrons. The van der Waals surface area contributed by atoms with Gasteiger partial charge in [-0.2, -0.15) is 0 Å². The zero-order valence-electron chi connectivity index (χ0n) is 16.9. The van der Waals surface area contributed by atoms with Crippen LogP contribution >= 0.6 is 11.6 Å². The quantitative estimate of drug-likeness (QED) is 0.310. The molecule has 9 nitrogen and oxygen atoms in total. The first-order valence-electron chi connectivity index (χ1n) is 9.28. The Balaban J connectivity index is 1.60. The van der Waals surface area contributed by atoms with Crippen molar-refractivity contribution in [3.8, 4) is 23.0 Å². The molecule has 32 heavy (non-hydrogen) atoms. The van der Waals surface area contributed by atoms with Gasteiger partial charge < -0.3 is 19.2 Å². The lowest BCUT2D eigenvalue weighted by molar-refractivity contribution is -0.384. The molecule has 4 rings (SSSR count). The number of hydrogen-bond acceptors (Lipinski definition) is 7. The number of hydrogen-bond donors (Lipinski definition) is 1. The van der Waals surface area contributed by atoms with Gasteiger partial charge in [-0.1, -0.05) is 11.6 Å². The second kappa shape index (κ2) is 8.56. The van der Waals surface area contributed by atoms with Gasteiger partial charge in [-0.25, -0.2) is 4.98 Å². The highest BCUT2D eigenvalue weighted by atomic mass is 35.5. The summed E-state index contributed by atoms with van der Waals surface area (Å²) in [5.41, 5.74) is 2.14. The predicted molar refractivity (Wildman–Crippen MR) is 119 cm³/mol. The van der Waals surface area contributed by atoms with Gasteiger partial charge in [-0.05, 0) is 42.5 Å². The summed E-state index contributed by atoms with van der Waals surface area (Å²) >= 11 is 6.04. The molecule has 0 aliphatic heterocycles. The number of nitro benzene ring substituents is 1. The molecule has 0 aliphatic carbocycles. The Morgan fingerprint density at radius 3 is 2.53 bits per heavy atom. The van der Waals surface area contributed by atoms with Crippen molar-refractivity contribution in [2.75, 3.05) is 19.5 Å². The lowest BCUT2D eigenvalue weighted by atomic mass is 10.2. The summed E-state index contributed by atoms with van der Waals surface area (Å²) in [4.78, 5) is 27.3. The highest BCUT2D eigenvalue weighted by molar-refractivity contribution is 6.34. The van der Waals surface area contributed by atoms with Crippen molar-refractivity contribution in [2.24, 2.45) is 0 Å². The SMILES string of the molecule is COc1ccc(-c2nc3cc(NC(=O)c4ccc([N+](=O)[O-])cc4Cl)ccc3o2)cc1OC. The number of rotatable bonds is 6. The van der Waals surface area contributed by atoms with Crippen LogP contribution < -0.4 is 14.8 Å². The Morgan fingerprint density at radius 2 is 1.84 bits per heavy atom. The maximum absolute atomic E-state index is 12.6. The van der Waals surface area contributed by atoms with Gasteiger partial charge in [0.05, 0.1) is 29.7 Å². The molecule has 0 fully saturated rings. The Morgan fingerprint density at radius 1 is 1.06 bits per heavy atom. The molecule has 1 aromatic heterocycles. The summed E-state index contributed by atoms with van der Waals surface area (Å²) in [5.74, 6) is 0.998. The molecule has 10 heteroatoms. The van der Waals surface area contributed by atoms with Crippen LogP contribution in [0.4, 0.5) is 11.4 Å². The lowest BCUT2D eigenvalue weighted by Crippen LogP contribution is -2.12. The van der Waals surface area contributed by atoms with Crippen LogP contribution in [-0.4, -0.2) is 30.0 Å². The van der Waals surface area contributed by atoms with E-state index in [0.29, 0.717) is 39.7 Å². The number of carbonyl (C=O) groups is 1. The first kappa shape index (κ1) is 21.1. The highest BCUT2D eigenvalue weighted by Gasteiger charge is 2.16. The zero-order chi connectivity index (χ0) is 22.8. The number of amides is 1. The van der Waals surface area contributed by atoms with Crippen molar-refractivity contribution in [1.29, 1.82) is 0 Å². The number of benzene rings is 3. The van der Waals surface area contributed by atoms with E-state index in [1.54, 1.807) is 50.6 Å². The number of anilines is 1. The monoisotopic (exact) mass is 453 g/mol. The van der Waals surface area contributed by atoms with Crippen molar-refractivity contribution >= 4 is 40.0 Å². The minimum atomic E-state index is -0.581. The van der Waals surface area contributed by atoms with Crippen LogP contribution in [0.2, 0.25) is 5.02 Å². The van der Waals surface area contributed by atoms with Gasteiger partial charge >= 0.3 is 0 Å². The third-order valence-corrected chi connectivity index (χ3v) is 5.00. The van der Waals surface area contributed by atoms with Gasteiger partial charge in [0.15, 0.2) is 17.1 Å². The summed E-state index contributed by atoms with van der Waals surface area (Å²) in [6.07, 6.45) is 0. The number of halogens is 1. The molecular formula is C22H16ClN3O6. The Hall–Kier alpha value is -4.11. The maximum Gasteiger partial charge on any atom is 0.270 e. The summed E-state index contributed by atoms with van der Waals surface area (Å²) in [7, 11) is 3.09. The molecule has 0 unspecified atom stereocenters. The van der Waals surface area contributed by atoms with Gasteiger partial charge in [-0.15, -0.1) is 0 Å². The standard InChI is InChI=1S/C22H16ClN3O6/c1-30-19-7-3-12(9-20(19)31-2)22-25-17-10-13(4-8-18(17)32-22)24-21(27)15-6-5-14(26(28)29)11-16(15)23/h3-11H,1-2H3,(H,24,27). The predicted octanol–water partition coefficient (Wildman–Crippen LogP) is 5.33. The molecule has 0 aliphatic rings. The fourth-order valence-electron chi connectivity index (χ4n) is 3.10. The van der Waals surface area contributed by atoms with Gasteiger partial charge in [0, 0.05) is 23.4 Å². The number of oxazole rings is 1. The number of carbonyl (C=O) groups excluding carboxylic acids is 1. The van der Waals surface area contributed by atoms with Crippen LogP contribution in [0.5, 0.6) is 11.5 Å². The molecule has 1 N–H and O–H groups in total. The number of nitro groups is 1. The van der Waals surface area contributed by atoms with Crippen LogP contribution in [0, 0.1) is 10.1 Å². The summed E-state index contributed by atoms with van der Waals surface area (Å²) in [6, 6.07) is 13.9. The molecule has 0 saturated heterocycles. The largest absolute Gasteiger partial charge is 0.493 e. The van der Waals surface area contributed by atoms with Gasteiger partial charge in [0.25, 0.3) is 11.6 Å². The molecule has 4 aromatic rings. The highest BCUT2D eigenvalue weighted by Crippen LogP contribution is 2.33. The molecular weight excluding hydrogens is 438 g/mol. The van der Waals surface area contributed by atoms with E-state index in [2.05, 4.69) is 10.3 Å². The number of nitrogens with one attached hydrogen (secondary N) is 1. The molecule has 0 bridgehead atoms. The Bertz CT molecular complexity index is 1350. The second-order valence-electron chi connectivity index (χ2n) is 6.65. The average molecular weight is 454 g/mol. The van der Waals surface area contributed by atoms with Crippen molar-refractivity contribution in [2.45, 2.75) is 0 Å². The smallest absolute Gasteiger partial charge is 0.270 e. The van der Waals surface area contributed by atoms with E-state index in [0.717, 1.165) is 6.07 Å². The minimum absolute atomic E-state index is 0.0186. The molecule has 0 saturated carbocycles. The zero-order valence-corrected chi connectivity index (χ0v) is 17.7. The summed E-state index contributed by atoms with van der Waals surface area (Å²) < 4.78 is 16.4. The first-order valence-corrected chi connectivity index (χ1v) is 9.65. The van der Waals surface area contributed by atoms with E-state index in [-0.39, 0.29) is 16.3 Å². The Kier molecular flexibility index (Phi) is 5.65. The number of methoxy groups -OCH3 is 2. The topological polar surface area (TPSA) is 117 Å². The van der Waals surface area contributed by atoms with Crippen molar-refractivity contribution < 1.29 is 23.6 Å². The molecule has 0 atom stereocenters. The van der Waals surface area contributed by atoms with Crippen molar-refractivity contribution in [3.63, 3.8) is 0 Å². The third kappa shape index (κ3) is 4.06. The normalized spacial score (nSPS) is 10.7. The van der Waals surface area contributed by atoms with Crippen LogP contribution in [0.1, 0.15) is 10.4 Å². The fraction of sp³-hybridized carbons (Fsp3) is 0.0909. The summed E-state index contributed by atoms with van der Waals surface area (Å²) in [5, 5.41) is 13.5. The summed E-state index contributed by atoms with van der Waals surface area (Å²) in [6.45, 7) is 0.